The normalized spacial score (nSPS) is 10.6. The van der Waals surface area contributed by atoms with E-state index in [0.717, 1.165) is 27.9 Å². The van der Waals surface area contributed by atoms with E-state index in [1.807, 2.05) is 36.4 Å². The first-order valence-electron chi connectivity index (χ1n) is 6.82. The summed E-state index contributed by atoms with van der Waals surface area (Å²) in [6.07, 6.45) is 0. The van der Waals surface area contributed by atoms with Crippen molar-refractivity contribution >= 4 is 11.6 Å². The molecule has 0 aliphatic carbocycles. The molecule has 2 nitrogen and oxygen atoms in total. The molecule has 1 aromatic heterocycles. The van der Waals surface area contributed by atoms with E-state index in [-0.39, 0.29) is 0 Å². The minimum atomic E-state index is 0.460. The predicted octanol–water partition coefficient (Wildman–Crippen LogP) is 5.08. The second-order valence-electron chi connectivity index (χ2n) is 5.03. The first-order chi connectivity index (χ1) is 10.1. The molecule has 21 heavy (non-hydrogen) atoms. The van der Waals surface area contributed by atoms with E-state index < -0.39 is 0 Å². The third-order valence-electron chi connectivity index (χ3n) is 3.47. The van der Waals surface area contributed by atoms with Gasteiger partial charge in [-0.25, -0.2) is 9.97 Å². The van der Waals surface area contributed by atoms with Crippen LogP contribution in [0, 0.1) is 13.8 Å². The Morgan fingerprint density at radius 3 is 2.14 bits per heavy atom. The molecule has 0 saturated heterocycles. The summed E-state index contributed by atoms with van der Waals surface area (Å²) >= 11 is 6.20. The molecular weight excluding hydrogens is 280 g/mol. The molecule has 3 rings (SSSR count). The number of benzene rings is 2. The average Bonchev–Trinajstić information content (AvgIpc) is 2.47. The van der Waals surface area contributed by atoms with Crippen LogP contribution >= 0.6 is 11.6 Å². The molecule has 0 amide bonds. The number of hydrogen-bond acceptors (Lipinski definition) is 2. The summed E-state index contributed by atoms with van der Waals surface area (Å²) in [6.45, 7) is 4.13. The number of nitrogens with zero attached hydrogens (tertiary/aromatic N) is 2. The van der Waals surface area contributed by atoms with Crippen LogP contribution in [0.15, 0.2) is 54.6 Å². The number of hydrogen-bond donors (Lipinski definition) is 0. The summed E-state index contributed by atoms with van der Waals surface area (Å²) in [4.78, 5) is 9.11. The third kappa shape index (κ3) is 2.81. The standard InChI is InChI=1S/C18H15ClN2/c1-12-7-6-8-13(2)17(12)18-20-15(11-16(19)21-18)14-9-4-3-5-10-14/h3-11H,1-2H3. The molecule has 0 aliphatic rings. The fourth-order valence-corrected chi connectivity index (χ4v) is 2.64. The Labute approximate surface area is 129 Å². The second-order valence-corrected chi connectivity index (χ2v) is 5.42. The van der Waals surface area contributed by atoms with Crippen LogP contribution < -0.4 is 0 Å². The van der Waals surface area contributed by atoms with E-state index in [0.29, 0.717) is 11.0 Å². The summed E-state index contributed by atoms with van der Waals surface area (Å²) in [7, 11) is 0. The van der Waals surface area contributed by atoms with Crippen LogP contribution in [0.1, 0.15) is 11.1 Å². The number of rotatable bonds is 2. The van der Waals surface area contributed by atoms with Gasteiger partial charge in [0.15, 0.2) is 5.82 Å². The molecule has 1 heterocycles. The highest BCUT2D eigenvalue weighted by molar-refractivity contribution is 6.29. The Hall–Kier alpha value is -2.19. The highest BCUT2D eigenvalue weighted by Gasteiger charge is 2.11. The van der Waals surface area contributed by atoms with Gasteiger partial charge in [0.1, 0.15) is 5.15 Å². The molecular formula is C18H15ClN2. The highest BCUT2D eigenvalue weighted by Crippen LogP contribution is 2.28. The molecule has 0 saturated carbocycles. The molecule has 2 aromatic carbocycles. The number of aryl methyl sites for hydroxylation is 2. The van der Waals surface area contributed by atoms with E-state index in [4.69, 9.17) is 16.6 Å². The van der Waals surface area contributed by atoms with Crippen molar-refractivity contribution < 1.29 is 0 Å². The molecule has 0 radical (unpaired) electrons. The lowest BCUT2D eigenvalue weighted by molar-refractivity contribution is 1.16. The Balaban J connectivity index is 2.19. The van der Waals surface area contributed by atoms with Crippen LogP contribution in [0.4, 0.5) is 0 Å². The summed E-state index contributed by atoms with van der Waals surface area (Å²) in [5, 5.41) is 0.460. The van der Waals surface area contributed by atoms with Crippen molar-refractivity contribution in [3.8, 4) is 22.6 Å². The Morgan fingerprint density at radius 1 is 0.810 bits per heavy atom. The molecule has 0 spiro atoms. The van der Waals surface area contributed by atoms with Gasteiger partial charge in [-0.05, 0) is 25.0 Å². The summed E-state index contributed by atoms with van der Waals surface area (Å²) in [6, 6.07) is 18.0. The van der Waals surface area contributed by atoms with Gasteiger partial charge >= 0.3 is 0 Å². The van der Waals surface area contributed by atoms with E-state index in [2.05, 4.69) is 31.0 Å². The molecule has 104 valence electrons. The molecule has 0 N–H and O–H groups in total. The molecule has 0 aliphatic heterocycles. The molecule has 0 atom stereocenters. The monoisotopic (exact) mass is 294 g/mol. The van der Waals surface area contributed by atoms with Gasteiger partial charge in [0.2, 0.25) is 0 Å². The SMILES string of the molecule is Cc1cccc(C)c1-c1nc(Cl)cc(-c2ccccc2)n1. The first kappa shape index (κ1) is 13.8. The molecule has 3 aromatic rings. The summed E-state index contributed by atoms with van der Waals surface area (Å²) in [5.41, 5.74) is 5.23. The smallest absolute Gasteiger partial charge is 0.161 e. The van der Waals surface area contributed by atoms with Crippen molar-refractivity contribution in [3.05, 3.63) is 70.9 Å². The van der Waals surface area contributed by atoms with Crippen molar-refractivity contribution in [2.24, 2.45) is 0 Å². The van der Waals surface area contributed by atoms with Crippen LogP contribution in [0.5, 0.6) is 0 Å². The van der Waals surface area contributed by atoms with Gasteiger partial charge in [0.25, 0.3) is 0 Å². The van der Waals surface area contributed by atoms with Gasteiger partial charge in [-0.3, -0.25) is 0 Å². The van der Waals surface area contributed by atoms with Gasteiger partial charge in [-0.1, -0.05) is 60.1 Å². The zero-order valence-electron chi connectivity index (χ0n) is 12.0. The predicted molar refractivity (Wildman–Crippen MR) is 87.4 cm³/mol. The van der Waals surface area contributed by atoms with E-state index in [1.165, 1.54) is 0 Å². The van der Waals surface area contributed by atoms with Gasteiger partial charge in [0.05, 0.1) is 5.69 Å². The minimum Gasteiger partial charge on any atom is -0.228 e. The Kier molecular flexibility index (Phi) is 3.72. The highest BCUT2D eigenvalue weighted by atomic mass is 35.5. The van der Waals surface area contributed by atoms with Gasteiger partial charge < -0.3 is 0 Å². The Bertz CT molecular complexity index is 762. The van der Waals surface area contributed by atoms with Gasteiger partial charge in [0, 0.05) is 17.2 Å². The van der Waals surface area contributed by atoms with Crippen LogP contribution in [0.2, 0.25) is 5.15 Å². The van der Waals surface area contributed by atoms with Gasteiger partial charge in [-0.15, -0.1) is 0 Å². The lowest BCUT2D eigenvalue weighted by Crippen LogP contribution is -1.96. The average molecular weight is 295 g/mol. The van der Waals surface area contributed by atoms with Crippen LogP contribution in [-0.4, -0.2) is 9.97 Å². The maximum atomic E-state index is 6.20. The third-order valence-corrected chi connectivity index (χ3v) is 3.66. The maximum Gasteiger partial charge on any atom is 0.161 e. The zero-order valence-corrected chi connectivity index (χ0v) is 12.7. The van der Waals surface area contributed by atoms with E-state index in [1.54, 1.807) is 6.07 Å². The van der Waals surface area contributed by atoms with Crippen LogP contribution in [-0.2, 0) is 0 Å². The van der Waals surface area contributed by atoms with Crippen LogP contribution in [0.25, 0.3) is 22.6 Å². The molecule has 0 unspecified atom stereocenters. The fourth-order valence-electron chi connectivity index (χ4n) is 2.45. The largest absolute Gasteiger partial charge is 0.228 e. The Morgan fingerprint density at radius 2 is 1.48 bits per heavy atom. The van der Waals surface area contributed by atoms with E-state index >= 15 is 0 Å². The summed E-state index contributed by atoms with van der Waals surface area (Å²) < 4.78 is 0. The van der Waals surface area contributed by atoms with Crippen molar-refractivity contribution in [3.63, 3.8) is 0 Å². The number of halogens is 1. The maximum absolute atomic E-state index is 6.20. The quantitative estimate of drug-likeness (QED) is 0.616. The number of aromatic nitrogens is 2. The lowest BCUT2D eigenvalue weighted by atomic mass is 10.0. The minimum absolute atomic E-state index is 0.460. The van der Waals surface area contributed by atoms with Crippen molar-refractivity contribution in [2.75, 3.05) is 0 Å². The summed E-state index contributed by atoms with van der Waals surface area (Å²) in [5.74, 6) is 0.678. The van der Waals surface area contributed by atoms with Gasteiger partial charge in [-0.2, -0.15) is 0 Å². The fraction of sp³-hybridized carbons (Fsp3) is 0.111. The van der Waals surface area contributed by atoms with E-state index in [9.17, 15) is 0 Å². The lowest BCUT2D eigenvalue weighted by Gasteiger charge is -2.10. The second kappa shape index (κ2) is 5.66. The van der Waals surface area contributed by atoms with Crippen molar-refractivity contribution in [1.29, 1.82) is 0 Å². The molecule has 0 bridgehead atoms. The van der Waals surface area contributed by atoms with Crippen molar-refractivity contribution in [1.82, 2.24) is 9.97 Å². The zero-order chi connectivity index (χ0) is 14.8. The molecule has 3 heteroatoms. The molecule has 0 fully saturated rings. The van der Waals surface area contributed by atoms with Crippen molar-refractivity contribution in [2.45, 2.75) is 13.8 Å². The topological polar surface area (TPSA) is 25.8 Å². The first-order valence-corrected chi connectivity index (χ1v) is 7.19. The van der Waals surface area contributed by atoms with Crippen LogP contribution in [0.3, 0.4) is 0 Å².